The minimum atomic E-state index is 0.583. The van der Waals surface area contributed by atoms with Gasteiger partial charge in [0.25, 0.3) is 0 Å². The van der Waals surface area contributed by atoms with E-state index in [-0.39, 0.29) is 0 Å². The van der Waals surface area contributed by atoms with Gasteiger partial charge in [0.1, 0.15) is 11.2 Å². The maximum absolute atomic E-state index is 9.45. The highest BCUT2D eigenvalue weighted by Gasteiger charge is 2.18. The Morgan fingerprint density at radius 2 is 0.857 bits per heavy atom. The van der Waals surface area contributed by atoms with E-state index in [1.807, 2.05) is 109 Å². The Hall–Kier alpha value is -8.86. The zero-order valence-electron chi connectivity index (χ0n) is 33.6. The molecule has 0 aliphatic rings. The second kappa shape index (κ2) is 14.7. The number of rotatable bonds is 6. The monoisotopic (exact) mass is 804 g/mol. The van der Waals surface area contributed by atoms with Gasteiger partial charge < -0.3 is 4.42 Å². The highest BCUT2D eigenvalue weighted by molar-refractivity contribution is 6.22. The quantitative estimate of drug-likeness (QED) is 0.154. The zero-order valence-corrected chi connectivity index (χ0v) is 33.6. The van der Waals surface area contributed by atoms with E-state index in [0.717, 1.165) is 105 Å². The van der Waals surface area contributed by atoms with E-state index in [1.54, 1.807) is 0 Å². The van der Waals surface area contributed by atoms with E-state index < -0.39 is 0 Å². The summed E-state index contributed by atoms with van der Waals surface area (Å²) in [5.74, 6) is 1.77. The molecule has 0 amide bonds. The van der Waals surface area contributed by atoms with Gasteiger partial charge in [0.2, 0.25) is 0 Å². The van der Waals surface area contributed by atoms with Crippen molar-refractivity contribution in [3.63, 3.8) is 0 Å². The van der Waals surface area contributed by atoms with Gasteiger partial charge in [0.15, 0.2) is 17.5 Å². The Kier molecular flexibility index (Phi) is 8.41. The topological polar surface area (TPSA) is 101 Å². The first-order chi connectivity index (χ1) is 31.1. The van der Waals surface area contributed by atoms with Crippen LogP contribution in [0.15, 0.2) is 199 Å². The SMILES string of the molecule is N#Cc1ccc(-c2cc3c4cccnc4c(-c4cccc(-c5cccc(-c6nc(-c7ccccc7)nc(-c7ccc8oc9ccccc9c8c7)n6)c5)c4)cc3c3cccnc23)cc1. The largest absolute Gasteiger partial charge is 0.456 e. The number of hydrogen-bond donors (Lipinski definition) is 0. The van der Waals surface area contributed by atoms with E-state index in [4.69, 9.17) is 29.3 Å². The van der Waals surface area contributed by atoms with Gasteiger partial charge in [0.05, 0.1) is 22.7 Å². The van der Waals surface area contributed by atoms with Crippen molar-refractivity contribution in [3.8, 4) is 73.6 Å². The molecule has 0 spiro atoms. The standard InChI is InChI=1S/C56H32N6O/c57-33-34-20-22-35(23-21-34)45-31-47-44-18-9-27-59-53(44)46(32-48(47)43-17-8-26-58-52(43)45)39-14-6-12-37(28-39)38-13-7-15-40(29-38)55-60-54(36-10-2-1-3-11-36)61-56(62-55)41-24-25-51-49(30-41)42-16-4-5-19-50(42)63-51/h1-32H. The van der Waals surface area contributed by atoms with Crippen LogP contribution < -0.4 is 0 Å². The summed E-state index contributed by atoms with van der Waals surface area (Å²) >= 11 is 0. The number of nitriles is 1. The van der Waals surface area contributed by atoms with E-state index in [2.05, 4.69) is 91.0 Å². The summed E-state index contributed by atoms with van der Waals surface area (Å²) in [6.07, 6.45) is 3.70. The van der Waals surface area contributed by atoms with Crippen LogP contribution in [-0.4, -0.2) is 24.9 Å². The van der Waals surface area contributed by atoms with Crippen molar-refractivity contribution in [3.05, 3.63) is 200 Å². The van der Waals surface area contributed by atoms with E-state index in [9.17, 15) is 5.26 Å². The Balaban J connectivity index is 0.978. The molecule has 8 aromatic carbocycles. The maximum Gasteiger partial charge on any atom is 0.164 e. The number of hydrogen-bond acceptors (Lipinski definition) is 7. The minimum Gasteiger partial charge on any atom is -0.456 e. The second-order valence-electron chi connectivity index (χ2n) is 15.6. The number of nitrogens with zero attached hydrogens (tertiary/aromatic N) is 6. The fourth-order valence-electron chi connectivity index (χ4n) is 8.79. The average Bonchev–Trinajstić information content (AvgIpc) is 3.74. The molecule has 0 unspecified atom stereocenters. The summed E-state index contributed by atoms with van der Waals surface area (Å²) in [6.45, 7) is 0. The van der Waals surface area contributed by atoms with Crippen molar-refractivity contribution in [2.45, 2.75) is 0 Å². The summed E-state index contributed by atoms with van der Waals surface area (Å²) in [6, 6.07) is 63.9. The molecule has 0 atom stereocenters. The highest BCUT2D eigenvalue weighted by Crippen LogP contribution is 2.42. The number of para-hydroxylation sites is 1. The lowest BCUT2D eigenvalue weighted by Crippen LogP contribution is -2.00. The molecule has 0 aliphatic heterocycles. The molecule has 0 N–H and O–H groups in total. The predicted molar refractivity (Wildman–Crippen MR) is 253 cm³/mol. The van der Waals surface area contributed by atoms with Gasteiger partial charge in [-0.2, -0.15) is 5.26 Å². The van der Waals surface area contributed by atoms with Gasteiger partial charge in [-0.3, -0.25) is 9.97 Å². The van der Waals surface area contributed by atoms with Gasteiger partial charge in [-0.1, -0.05) is 109 Å². The van der Waals surface area contributed by atoms with Crippen LogP contribution in [0.4, 0.5) is 0 Å². The van der Waals surface area contributed by atoms with Crippen LogP contribution in [0, 0.1) is 11.3 Å². The van der Waals surface area contributed by atoms with Crippen molar-refractivity contribution < 1.29 is 4.42 Å². The molecule has 4 heterocycles. The molecule has 0 saturated heterocycles. The lowest BCUT2D eigenvalue weighted by Gasteiger charge is -2.15. The Morgan fingerprint density at radius 1 is 0.349 bits per heavy atom. The van der Waals surface area contributed by atoms with Crippen molar-refractivity contribution in [1.29, 1.82) is 5.26 Å². The lowest BCUT2D eigenvalue weighted by atomic mass is 9.90. The molecule has 12 rings (SSSR count). The Morgan fingerprint density at radius 3 is 1.54 bits per heavy atom. The highest BCUT2D eigenvalue weighted by atomic mass is 16.3. The first-order valence-electron chi connectivity index (χ1n) is 20.7. The van der Waals surface area contributed by atoms with Crippen LogP contribution in [0.2, 0.25) is 0 Å². The van der Waals surface area contributed by atoms with Gasteiger partial charge in [-0.15, -0.1) is 0 Å². The molecular weight excluding hydrogens is 773 g/mol. The number of furan rings is 1. The molecule has 0 radical (unpaired) electrons. The summed E-state index contributed by atoms with van der Waals surface area (Å²) in [7, 11) is 0. The van der Waals surface area contributed by atoms with E-state index in [0.29, 0.717) is 23.0 Å². The summed E-state index contributed by atoms with van der Waals surface area (Å²) in [5.41, 5.74) is 12.9. The maximum atomic E-state index is 9.45. The molecule has 7 heteroatoms. The first kappa shape index (κ1) is 36.0. The fourth-order valence-corrected chi connectivity index (χ4v) is 8.79. The van der Waals surface area contributed by atoms with E-state index >= 15 is 0 Å². The molecule has 0 bridgehead atoms. The van der Waals surface area contributed by atoms with Crippen molar-refractivity contribution in [2.75, 3.05) is 0 Å². The molecule has 12 aromatic rings. The minimum absolute atomic E-state index is 0.583. The fraction of sp³-hybridized carbons (Fsp3) is 0. The first-order valence-corrected chi connectivity index (χ1v) is 20.7. The van der Waals surface area contributed by atoms with Crippen LogP contribution in [0.25, 0.3) is 122 Å². The van der Waals surface area contributed by atoms with Crippen molar-refractivity contribution in [1.82, 2.24) is 24.9 Å². The number of pyridine rings is 2. The van der Waals surface area contributed by atoms with Crippen LogP contribution in [0.3, 0.4) is 0 Å². The third-order valence-electron chi connectivity index (χ3n) is 11.8. The summed E-state index contributed by atoms with van der Waals surface area (Å²) < 4.78 is 6.14. The zero-order chi connectivity index (χ0) is 41.9. The van der Waals surface area contributed by atoms with Crippen molar-refractivity contribution in [2.24, 2.45) is 0 Å². The lowest BCUT2D eigenvalue weighted by molar-refractivity contribution is 0.669. The molecule has 4 aromatic heterocycles. The molecule has 0 aliphatic carbocycles. The normalized spacial score (nSPS) is 11.5. The molecule has 63 heavy (non-hydrogen) atoms. The third kappa shape index (κ3) is 6.25. The van der Waals surface area contributed by atoms with Gasteiger partial charge in [0, 0.05) is 61.8 Å². The van der Waals surface area contributed by atoms with Crippen LogP contribution in [-0.2, 0) is 0 Å². The number of fused-ring (bicyclic) bond motifs is 8. The smallest absolute Gasteiger partial charge is 0.164 e. The van der Waals surface area contributed by atoms with Gasteiger partial charge in [-0.05, 0) is 106 Å². The third-order valence-corrected chi connectivity index (χ3v) is 11.8. The van der Waals surface area contributed by atoms with Crippen LogP contribution in [0.5, 0.6) is 0 Å². The van der Waals surface area contributed by atoms with Gasteiger partial charge in [-0.25, -0.2) is 15.0 Å². The number of aromatic nitrogens is 5. The average molecular weight is 805 g/mol. The molecular formula is C56H32N6O. The van der Waals surface area contributed by atoms with Crippen LogP contribution >= 0.6 is 0 Å². The molecule has 292 valence electrons. The summed E-state index contributed by atoms with van der Waals surface area (Å²) in [5, 5.41) is 15.8. The Bertz CT molecular complexity index is 3810. The summed E-state index contributed by atoms with van der Waals surface area (Å²) in [4.78, 5) is 25.1. The second-order valence-corrected chi connectivity index (χ2v) is 15.6. The predicted octanol–water partition coefficient (Wildman–Crippen LogP) is 13.9. The van der Waals surface area contributed by atoms with Crippen LogP contribution in [0.1, 0.15) is 5.56 Å². The van der Waals surface area contributed by atoms with Crippen molar-refractivity contribution >= 4 is 54.5 Å². The number of benzene rings is 8. The molecule has 0 fully saturated rings. The molecule has 7 nitrogen and oxygen atoms in total. The Labute approximate surface area is 361 Å². The van der Waals surface area contributed by atoms with E-state index in [1.165, 1.54) is 0 Å². The molecule has 0 saturated carbocycles. The van der Waals surface area contributed by atoms with Gasteiger partial charge >= 0.3 is 0 Å².